The van der Waals surface area contributed by atoms with Crippen LogP contribution in [0, 0.1) is 0 Å². The van der Waals surface area contributed by atoms with E-state index in [9.17, 15) is 0 Å². The molecule has 2 aromatic rings. The average Bonchev–Trinajstić information content (AvgIpc) is 2.73. The highest BCUT2D eigenvalue weighted by Crippen LogP contribution is 2.94. The standard InChI is InChI=1S/C18H22N2O2P2S4/c25-23(19-7-11-21-12-8-19)16-5-1-3-15-4-2-6-17(18(15)16)24(26,28-23)27-20-9-13-22-14-10-20/h1-6H,7-14H2. The zero-order valence-corrected chi connectivity index (χ0v) is 20.4. The van der Waals surface area contributed by atoms with Crippen LogP contribution in [0.5, 0.6) is 0 Å². The zero-order valence-electron chi connectivity index (χ0n) is 15.4. The van der Waals surface area contributed by atoms with E-state index in [0.29, 0.717) is 0 Å². The number of rotatable bonds is 3. The van der Waals surface area contributed by atoms with Crippen molar-refractivity contribution < 1.29 is 9.47 Å². The molecule has 3 heterocycles. The molecule has 0 saturated carbocycles. The van der Waals surface area contributed by atoms with E-state index < -0.39 is 10.7 Å². The summed E-state index contributed by atoms with van der Waals surface area (Å²) < 4.78 is 16.1. The molecule has 2 saturated heterocycles. The highest BCUT2D eigenvalue weighted by atomic mass is 33.5. The van der Waals surface area contributed by atoms with Gasteiger partial charge in [0.05, 0.1) is 50.7 Å². The summed E-state index contributed by atoms with van der Waals surface area (Å²) in [5.41, 5.74) is 0. The molecule has 150 valence electrons. The van der Waals surface area contributed by atoms with Crippen LogP contribution in [-0.2, 0) is 34.0 Å². The van der Waals surface area contributed by atoms with Crippen molar-refractivity contribution in [1.82, 2.24) is 8.98 Å². The summed E-state index contributed by atoms with van der Waals surface area (Å²) in [6.07, 6.45) is 0. The number of benzene rings is 2. The number of hydrogen-bond acceptors (Lipinski definition) is 8. The van der Waals surface area contributed by atoms with Crippen molar-refractivity contribution in [2.75, 3.05) is 52.6 Å². The summed E-state index contributed by atoms with van der Waals surface area (Å²) in [5.74, 6) is -2.02. The number of ether oxygens (including phenoxy) is 2. The van der Waals surface area contributed by atoms with Gasteiger partial charge in [-0.05, 0) is 17.5 Å². The van der Waals surface area contributed by atoms with Gasteiger partial charge in [-0.2, -0.15) is 4.67 Å². The fraction of sp³-hybridized carbons (Fsp3) is 0.444. The maximum absolute atomic E-state index is 6.53. The van der Waals surface area contributed by atoms with Gasteiger partial charge in [0.15, 0.2) is 11.0 Å². The molecule has 0 radical (unpaired) electrons. The third-order valence-corrected chi connectivity index (χ3v) is 27.1. The number of hydrogen-bond donors (Lipinski definition) is 0. The zero-order chi connectivity index (χ0) is 19.2. The largest absolute Gasteiger partial charge is 0.521 e. The average molecular weight is 489 g/mol. The normalized spacial score (nSPS) is 31.9. The van der Waals surface area contributed by atoms with E-state index >= 15 is 0 Å². The first kappa shape index (κ1) is 20.7. The minimum atomic E-state index is -2.02. The van der Waals surface area contributed by atoms with Crippen LogP contribution in [0.2, 0.25) is 0 Å². The predicted octanol–water partition coefficient (Wildman–Crippen LogP) is 3.77. The van der Waals surface area contributed by atoms with Gasteiger partial charge in [0, 0.05) is 13.1 Å². The van der Waals surface area contributed by atoms with Crippen LogP contribution in [0.1, 0.15) is 0 Å². The van der Waals surface area contributed by atoms with Gasteiger partial charge in [0.2, 0.25) is 0 Å². The molecule has 2 aromatic carbocycles. The fourth-order valence-electron chi connectivity index (χ4n) is 3.86. The molecule has 3 aliphatic heterocycles. The van der Waals surface area contributed by atoms with Gasteiger partial charge in [-0.3, -0.25) is 0 Å². The topological polar surface area (TPSA) is 24.9 Å². The molecule has 0 amide bonds. The smallest absolute Gasteiger partial charge is 0.184 e. The minimum Gasteiger partial charge on any atom is -0.521 e. The second-order valence-electron chi connectivity index (χ2n) is 6.94. The summed E-state index contributed by atoms with van der Waals surface area (Å²) in [5, 5.41) is 5.29. The third kappa shape index (κ3) is 3.66. The molecule has 4 nitrogen and oxygen atoms in total. The molecule has 0 aromatic heterocycles. The summed E-state index contributed by atoms with van der Waals surface area (Å²) in [6, 6.07) is 13.2. The van der Waals surface area contributed by atoms with E-state index in [1.807, 2.05) is 22.6 Å². The Kier molecular flexibility index (Phi) is 6.20. The molecule has 2 unspecified atom stereocenters. The van der Waals surface area contributed by atoms with Gasteiger partial charge in [-0.25, -0.2) is 4.31 Å². The lowest BCUT2D eigenvalue weighted by molar-refractivity contribution is 0.0756. The van der Waals surface area contributed by atoms with Crippen LogP contribution >= 0.6 is 33.3 Å². The summed E-state index contributed by atoms with van der Waals surface area (Å²) in [7, 11) is 0. The maximum atomic E-state index is 6.53. The van der Waals surface area contributed by atoms with E-state index in [1.165, 1.54) is 21.4 Å². The van der Waals surface area contributed by atoms with Gasteiger partial charge in [-0.15, -0.1) is 0 Å². The Morgan fingerprint density at radius 1 is 0.857 bits per heavy atom. The molecule has 28 heavy (non-hydrogen) atoms. The highest BCUT2D eigenvalue weighted by Gasteiger charge is 2.55. The Hall–Kier alpha value is 0.800. The van der Waals surface area contributed by atoms with Gasteiger partial charge in [0.1, 0.15) is 27.0 Å². The Bertz CT molecular complexity index is 877. The van der Waals surface area contributed by atoms with Crippen LogP contribution in [0.25, 0.3) is 10.8 Å². The molecule has 0 N–H and O–H groups in total. The quantitative estimate of drug-likeness (QED) is 0.366. The van der Waals surface area contributed by atoms with Crippen LogP contribution in [0.4, 0.5) is 0 Å². The number of nitrogens with zero attached hydrogens (tertiary/aromatic N) is 2. The fourth-order valence-corrected chi connectivity index (χ4v) is 32.7. The van der Waals surface area contributed by atoms with Crippen LogP contribution in [0.3, 0.4) is 0 Å². The lowest BCUT2D eigenvalue weighted by atomic mass is 10.1. The van der Waals surface area contributed by atoms with Crippen molar-refractivity contribution in [1.29, 1.82) is 0 Å². The Labute approximate surface area is 185 Å². The van der Waals surface area contributed by atoms with Gasteiger partial charge >= 0.3 is 0 Å². The molecule has 2 fully saturated rings. The molecule has 3 aliphatic rings. The first-order valence-electron chi connectivity index (χ1n) is 9.40. The predicted molar refractivity (Wildman–Crippen MR) is 132 cm³/mol. The van der Waals surface area contributed by atoms with Crippen molar-refractivity contribution in [2.24, 2.45) is 0 Å². The molecule has 2 atom stereocenters. The third-order valence-electron chi connectivity index (χ3n) is 5.23. The number of morpholine rings is 2. The molecule has 5 rings (SSSR count). The molecular weight excluding hydrogens is 466 g/mol. The van der Waals surface area contributed by atoms with Gasteiger partial charge in [-0.1, -0.05) is 24.3 Å². The molecule has 0 bridgehead atoms. The van der Waals surface area contributed by atoms with Gasteiger partial charge in [0.25, 0.3) is 0 Å². The maximum Gasteiger partial charge on any atom is 0.184 e. The molecule has 0 spiro atoms. The lowest BCUT2D eigenvalue weighted by Crippen LogP contribution is -2.40. The molecular formula is C18H22N2O2P2S4. The van der Waals surface area contributed by atoms with Crippen molar-refractivity contribution >= 4 is 79.1 Å². The first-order chi connectivity index (χ1) is 13.6. The first-order valence-corrected chi connectivity index (χ1v) is 18.4. The summed E-state index contributed by atoms with van der Waals surface area (Å²) in [4.78, 5) is -1.98. The van der Waals surface area contributed by atoms with Crippen molar-refractivity contribution in [2.45, 2.75) is 0 Å². The van der Waals surface area contributed by atoms with Crippen LogP contribution in [-0.4, -0.2) is 61.6 Å². The van der Waals surface area contributed by atoms with Crippen molar-refractivity contribution in [3.8, 4) is 0 Å². The van der Waals surface area contributed by atoms with E-state index in [4.69, 9.17) is 34.0 Å². The van der Waals surface area contributed by atoms with E-state index in [0.717, 1.165) is 52.6 Å². The minimum absolute atomic E-state index is 0.760. The monoisotopic (exact) mass is 488 g/mol. The van der Waals surface area contributed by atoms with E-state index in [2.05, 4.69) is 45.4 Å². The Morgan fingerprint density at radius 3 is 2.14 bits per heavy atom. The summed E-state index contributed by atoms with van der Waals surface area (Å²) in [6.45, 7) is 6.76. The van der Waals surface area contributed by atoms with Crippen LogP contribution < -0.4 is 10.6 Å². The lowest BCUT2D eigenvalue weighted by Gasteiger charge is -2.47. The Morgan fingerprint density at radius 2 is 1.46 bits per heavy atom. The summed E-state index contributed by atoms with van der Waals surface area (Å²) >= 11 is 16.9. The molecule has 0 aliphatic carbocycles. The second kappa shape index (κ2) is 8.38. The SMILES string of the molecule is [S-][P+]1(SN2CCOCC2)S[P+]([S-])(N2CCOCC2)c2cccc3cccc1c23. The van der Waals surface area contributed by atoms with E-state index in [1.54, 1.807) is 0 Å². The van der Waals surface area contributed by atoms with E-state index in [-0.39, 0.29) is 0 Å². The van der Waals surface area contributed by atoms with Gasteiger partial charge < -0.3 is 34.0 Å². The van der Waals surface area contributed by atoms with Crippen LogP contribution in [0.15, 0.2) is 36.4 Å². The van der Waals surface area contributed by atoms with Crippen molar-refractivity contribution in [3.63, 3.8) is 0 Å². The Balaban J connectivity index is 1.64. The molecule has 10 heteroatoms. The highest BCUT2D eigenvalue weighted by molar-refractivity contribution is 9.28. The van der Waals surface area contributed by atoms with Crippen molar-refractivity contribution in [3.05, 3.63) is 36.4 Å². The second-order valence-corrected chi connectivity index (χ2v) is 24.7.